The summed E-state index contributed by atoms with van der Waals surface area (Å²) in [4.78, 5) is 36.4. The van der Waals surface area contributed by atoms with Crippen LogP contribution in [0, 0.1) is 0 Å². The number of anilines is 1. The molecule has 4 nitrogen and oxygen atoms in total. The van der Waals surface area contributed by atoms with Gasteiger partial charge < -0.3 is 5.32 Å². The molecule has 3 rings (SSSR count). The lowest BCUT2D eigenvalue weighted by Crippen LogP contribution is -2.23. The summed E-state index contributed by atoms with van der Waals surface area (Å²) in [5.41, 5.74) is 1.44. The highest BCUT2D eigenvalue weighted by Gasteiger charge is 2.31. The molecule has 5 heteroatoms. The molecule has 0 radical (unpaired) electrons. The third-order valence-electron chi connectivity index (χ3n) is 3.32. The fourth-order valence-corrected chi connectivity index (χ4v) is 2.63. The standard InChI is InChI=1S/C16H10ClNO3/c1-8(19)18-13-4-2-3-11-14(13)16(21)12-7-9(17)5-6-10(12)15(11)20/h2-7H,1H3,(H,18,19). The highest BCUT2D eigenvalue weighted by molar-refractivity contribution is 6.34. The monoisotopic (exact) mass is 299 g/mol. The number of amides is 1. The quantitative estimate of drug-likeness (QED) is 0.751. The summed E-state index contributed by atoms with van der Waals surface area (Å²) in [6.07, 6.45) is 0. The van der Waals surface area contributed by atoms with E-state index in [1.807, 2.05) is 0 Å². The van der Waals surface area contributed by atoms with E-state index in [0.717, 1.165) is 0 Å². The van der Waals surface area contributed by atoms with Crippen LogP contribution in [0.2, 0.25) is 5.02 Å². The van der Waals surface area contributed by atoms with E-state index in [9.17, 15) is 14.4 Å². The van der Waals surface area contributed by atoms with Gasteiger partial charge in [0.05, 0.1) is 11.3 Å². The van der Waals surface area contributed by atoms with Crippen molar-refractivity contribution in [3.8, 4) is 0 Å². The number of carbonyl (C=O) groups is 3. The maximum atomic E-state index is 12.6. The van der Waals surface area contributed by atoms with E-state index in [1.165, 1.54) is 13.0 Å². The molecule has 0 aromatic heterocycles. The van der Waals surface area contributed by atoms with Gasteiger partial charge in [-0.3, -0.25) is 14.4 Å². The van der Waals surface area contributed by atoms with Gasteiger partial charge in [0, 0.05) is 28.6 Å². The Morgan fingerprint density at radius 2 is 1.76 bits per heavy atom. The van der Waals surface area contributed by atoms with Crippen LogP contribution >= 0.6 is 11.6 Å². The summed E-state index contributed by atoms with van der Waals surface area (Å²) in [6, 6.07) is 9.42. The van der Waals surface area contributed by atoms with Crippen LogP contribution in [0.3, 0.4) is 0 Å². The fraction of sp³-hybridized carbons (Fsp3) is 0.0625. The zero-order valence-electron chi connectivity index (χ0n) is 11.1. The molecular formula is C16H10ClNO3. The molecule has 0 aliphatic heterocycles. The van der Waals surface area contributed by atoms with Crippen LogP contribution in [-0.4, -0.2) is 17.5 Å². The Morgan fingerprint density at radius 1 is 1.00 bits per heavy atom. The molecule has 0 heterocycles. The van der Waals surface area contributed by atoms with E-state index in [2.05, 4.69) is 5.32 Å². The maximum Gasteiger partial charge on any atom is 0.221 e. The Kier molecular flexibility index (Phi) is 3.11. The molecule has 1 aliphatic rings. The summed E-state index contributed by atoms with van der Waals surface area (Å²) >= 11 is 5.91. The minimum Gasteiger partial charge on any atom is -0.326 e. The van der Waals surface area contributed by atoms with Crippen molar-refractivity contribution in [2.45, 2.75) is 6.92 Å². The van der Waals surface area contributed by atoms with Gasteiger partial charge in [-0.15, -0.1) is 0 Å². The Labute approximate surface area is 125 Å². The second-order valence-electron chi connectivity index (χ2n) is 4.76. The predicted octanol–water partition coefficient (Wildman–Crippen LogP) is 3.07. The third kappa shape index (κ3) is 2.14. The molecule has 2 aromatic rings. The first-order valence-corrected chi connectivity index (χ1v) is 6.66. The molecule has 0 spiro atoms. The highest BCUT2D eigenvalue weighted by Crippen LogP contribution is 2.33. The van der Waals surface area contributed by atoms with Gasteiger partial charge in [0.2, 0.25) is 5.91 Å². The van der Waals surface area contributed by atoms with Gasteiger partial charge in [0.15, 0.2) is 11.6 Å². The number of halogens is 1. The number of nitrogens with one attached hydrogen (secondary N) is 1. The SMILES string of the molecule is CC(=O)Nc1cccc2c1C(=O)c1cc(Cl)ccc1C2=O. The van der Waals surface area contributed by atoms with Crippen molar-refractivity contribution in [3.63, 3.8) is 0 Å². The number of fused-ring (bicyclic) bond motifs is 2. The minimum absolute atomic E-state index is 0.215. The first kappa shape index (κ1) is 13.5. The molecule has 21 heavy (non-hydrogen) atoms. The molecule has 0 atom stereocenters. The Morgan fingerprint density at radius 3 is 2.48 bits per heavy atom. The van der Waals surface area contributed by atoms with E-state index >= 15 is 0 Å². The third-order valence-corrected chi connectivity index (χ3v) is 3.55. The average Bonchev–Trinajstić information content (AvgIpc) is 2.44. The zero-order chi connectivity index (χ0) is 15.1. The van der Waals surface area contributed by atoms with E-state index in [-0.39, 0.29) is 28.6 Å². The summed E-state index contributed by atoms with van der Waals surface area (Å²) in [6.45, 7) is 1.35. The zero-order valence-corrected chi connectivity index (χ0v) is 11.8. The molecule has 1 aliphatic carbocycles. The molecule has 1 amide bonds. The normalized spacial score (nSPS) is 12.7. The van der Waals surface area contributed by atoms with Crippen LogP contribution in [-0.2, 0) is 4.79 Å². The van der Waals surface area contributed by atoms with Gasteiger partial charge >= 0.3 is 0 Å². The maximum absolute atomic E-state index is 12.6. The van der Waals surface area contributed by atoms with Crippen LogP contribution in [0.5, 0.6) is 0 Å². The van der Waals surface area contributed by atoms with Crippen molar-refractivity contribution >= 4 is 34.8 Å². The topological polar surface area (TPSA) is 63.2 Å². The molecule has 0 saturated heterocycles. The number of carbonyl (C=O) groups excluding carboxylic acids is 3. The van der Waals surface area contributed by atoms with Gasteiger partial charge in [-0.2, -0.15) is 0 Å². The Hall–Kier alpha value is -2.46. The second-order valence-corrected chi connectivity index (χ2v) is 5.19. The number of hydrogen-bond acceptors (Lipinski definition) is 3. The molecule has 0 fully saturated rings. The van der Waals surface area contributed by atoms with Crippen molar-refractivity contribution < 1.29 is 14.4 Å². The van der Waals surface area contributed by atoms with E-state index in [1.54, 1.807) is 30.3 Å². The van der Waals surface area contributed by atoms with Crippen LogP contribution in [0.15, 0.2) is 36.4 Å². The van der Waals surface area contributed by atoms with Gasteiger partial charge in [-0.05, 0) is 24.3 Å². The number of ketones is 2. The van der Waals surface area contributed by atoms with E-state index in [4.69, 9.17) is 11.6 Å². The molecule has 104 valence electrons. The van der Waals surface area contributed by atoms with Gasteiger partial charge in [0.25, 0.3) is 0 Å². The lowest BCUT2D eigenvalue weighted by Gasteiger charge is -2.20. The highest BCUT2D eigenvalue weighted by atomic mass is 35.5. The smallest absolute Gasteiger partial charge is 0.221 e. The van der Waals surface area contributed by atoms with Crippen LogP contribution < -0.4 is 5.32 Å². The van der Waals surface area contributed by atoms with Crippen molar-refractivity contribution in [3.05, 3.63) is 63.7 Å². The fourth-order valence-electron chi connectivity index (χ4n) is 2.46. The molecule has 0 unspecified atom stereocenters. The average molecular weight is 300 g/mol. The van der Waals surface area contributed by atoms with Crippen LogP contribution in [0.1, 0.15) is 38.8 Å². The van der Waals surface area contributed by atoms with Gasteiger partial charge in [0.1, 0.15) is 0 Å². The second kappa shape index (κ2) is 4.82. The lowest BCUT2D eigenvalue weighted by molar-refractivity contribution is -0.114. The molecule has 0 saturated carbocycles. The van der Waals surface area contributed by atoms with Crippen LogP contribution in [0.4, 0.5) is 5.69 Å². The first-order valence-electron chi connectivity index (χ1n) is 6.28. The number of rotatable bonds is 1. The molecular weight excluding hydrogens is 290 g/mol. The summed E-state index contributed by atoms with van der Waals surface area (Å²) in [5.74, 6) is -0.865. The van der Waals surface area contributed by atoms with E-state index < -0.39 is 0 Å². The van der Waals surface area contributed by atoms with Gasteiger partial charge in [-0.25, -0.2) is 0 Å². The lowest BCUT2D eigenvalue weighted by atomic mass is 9.83. The summed E-state index contributed by atoms with van der Waals surface area (Å²) < 4.78 is 0. The molecule has 2 aromatic carbocycles. The van der Waals surface area contributed by atoms with Crippen LogP contribution in [0.25, 0.3) is 0 Å². The van der Waals surface area contributed by atoms with E-state index in [0.29, 0.717) is 21.8 Å². The van der Waals surface area contributed by atoms with Crippen molar-refractivity contribution in [1.82, 2.24) is 0 Å². The Bertz CT molecular complexity index is 811. The largest absolute Gasteiger partial charge is 0.326 e. The summed E-state index contributed by atoms with van der Waals surface area (Å²) in [7, 11) is 0. The number of hydrogen-bond donors (Lipinski definition) is 1. The molecule has 1 N–H and O–H groups in total. The van der Waals surface area contributed by atoms with Gasteiger partial charge in [-0.1, -0.05) is 23.7 Å². The van der Waals surface area contributed by atoms with Crippen molar-refractivity contribution in [1.29, 1.82) is 0 Å². The Balaban J connectivity index is 2.26. The number of benzene rings is 2. The first-order chi connectivity index (χ1) is 9.99. The van der Waals surface area contributed by atoms with Crippen molar-refractivity contribution in [2.24, 2.45) is 0 Å². The van der Waals surface area contributed by atoms with Crippen molar-refractivity contribution in [2.75, 3.05) is 5.32 Å². The minimum atomic E-state index is -0.313. The summed E-state index contributed by atoms with van der Waals surface area (Å²) in [5, 5.41) is 2.97. The molecule has 0 bridgehead atoms. The predicted molar refractivity (Wildman–Crippen MR) is 79.1 cm³/mol.